The summed E-state index contributed by atoms with van der Waals surface area (Å²) < 4.78 is 6.66. The van der Waals surface area contributed by atoms with Crippen molar-refractivity contribution in [1.82, 2.24) is 0 Å². The van der Waals surface area contributed by atoms with Gasteiger partial charge in [0.1, 0.15) is 0 Å². The summed E-state index contributed by atoms with van der Waals surface area (Å²) in [5.41, 5.74) is -1.35. The fraction of sp³-hybridized carbons (Fsp3) is 1.00. The van der Waals surface area contributed by atoms with E-state index in [2.05, 4.69) is 34.6 Å². The molecule has 1 saturated heterocycles. The van der Waals surface area contributed by atoms with Crippen molar-refractivity contribution in [2.45, 2.75) is 142 Å². The second kappa shape index (κ2) is 6.86. The molecule has 200 valence electrons. The predicted octanol–water partition coefficient (Wildman–Crippen LogP) is 4.44. The first-order valence-corrected chi connectivity index (χ1v) is 14.4. The predicted molar refractivity (Wildman–Crippen MR) is 134 cm³/mol. The highest BCUT2D eigenvalue weighted by Crippen LogP contribution is 2.89. The lowest BCUT2D eigenvalue weighted by atomic mass is 9.41. The van der Waals surface area contributed by atoms with Crippen LogP contribution in [-0.4, -0.2) is 56.0 Å². The molecular weight excluding hydrogens is 440 g/mol. The third-order valence-electron chi connectivity index (χ3n) is 13.8. The summed E-state index contributed by atoms with van der Waals surface area (Å²) in [6.45, 7) is 15.0. The third-order valence-corrected chi connectivity index (χ3v) is 13.8. The summed E-state index contributed by atoms with van der Waals surface area (Å²) in [4.78, 5) is 0. The van der Waals surface area contributed by atoms with Crippen molar-refractivity contribution in [2.24, 2.45) is 44.8 Å². The summed E-state index contributed by atoms with van der Waals surface area (Å²) in [5.74, 6) is 0.577. The maximum absolute atomic E-state index is 11.7. The Labute approximate surface area is 212 Å². The molecule has 1 unspecified atom stereocenters. The molecule has 12 atom stereocenters. The maximum atomic E-state index is 11.7. The van der Waals surface area contributed by atoms with Gasteiger partial charge in [0.05, 0.1) is 35.6 Å². The quantitative estimate of drug-likeness (QED) is 0.460. The van der Waals surface area contributed by atoms with E-state index in [1.165, 1.54) is 6.42 Å². The normalized spacial score (nSPS) is 60.9. The first-order chi connectivity index (χ1) is 16.0. The van der Waals surface area contributed by atoms with Crippen LogP contribution in [0.5, 0.6) is 0 Å². The van der Waals surface area contributed by atoms with E-state index in [1.54, 1.807) is 0 Å². The molecule has 0 amide bonds. The molecule has 4 N–H and O–H groups in total. The molecule has 1 aliphatic heterocycles. The minimum Gasteiger partial charge on any atom is -0.393 e. The van der Waals surface area contributed by atoms with Crippen LogP contribution in [0.2, 0.25) is 0 Å². The molecule has 5 saturated carbocycles. The highest BCUT2D eigenvalue weighted by atomic mass is 16.5. The van der Waals surface area contributed by atoms with Crippen molar-refractivity contribution in [2.75, 3.05) is 0 Å². The molecule has 5 heteroatoms. The SMILES string of the molecule is CC(C)(O)[C@@H]1CC[C@](C)([C@H]2[C@@H](O)C[C@@]3(C)[C@@H]4C[C@H](O)C5C(C)(C)[C@@H](O)CC[C@@]56C[C@@]46CC[C@]23C)O1. The zero-order valence-corrected chi connectivity index (χ0v) is 23.1. The Balaban J connectivity index is 1.37. The fourth-order valence-corrected chi connectivity index (χ4v) is 12.1. The van der Waals surface area contributed by atoms with E-state index in [0.717, 1.165) is 51.4 Å². The molecule has 5 aliphatic carbocycles. The first-order valence-electron chi connectivity index (χ1n) is 14.4. The lowest BCUT2D eigenvalue weighted by molar-refractivity contribution is -0.213. The van der Waals surface area contributed by atoms with Crippen LogP contribution < -0.4 is 0 Å². The Morgan fingerprint density at radius 1 is 0.771 bits per heavy atom. The van der Waals surface area contributed by atoms with Gasteiger partial charge in [-0.1, -0.05) is 27.7 Å². The van der Waals surface area contributed by atoms with Crippen molar-refractivity contribution >= 4 is 0 Å². The Morgan fingerprint density at radius 2 is 1.46 bits per heavy atom. The standard InChI is InChI=1S/C30H50O5/c1-24(2)20(33)8-11-30-16-29(30)13-12-26(5)23(28(7)10-9-21(35-28)25(3,4)34)18(32)15-27(26,6)19(29)14-17(31)22(24)30/h17-23,31-34H,8-16H2,1-7H3/t17-,18-,19-,20-,21-,22?,23-,26+,27-,28+,29-,30+/m0/s1. The van der Waals surface area contributed by atoms with E-state index >= 15 is 0 Å². The van der Waals surface area contributed by atoms with Gasteiger partial charge >= 0.3 is 0 Å². The number of hydrogen-bond acceptors (Lipinski definition) is 5. The summed E-state index contributed by atoms with van der Waals surface area (Å²) >= 11 is 0. The van der Waals surface area contributed by atoms with Gasteiger partial charge < -0.3 is 25.2 Å². The largest absolute Gasteiger partial charge is 0.393 e. The van der Waals surface area contributed by atoms with Gasteiger partial charge in [0, 0.05) is 5.92 Å². The van der Waals surface area contributed by atoms with Crippen LogP contribution >= 0.6 is 0 Å². The lowest BCUT2D eigenvalue weighted by Crippen LogP contribution is -2.62. The van der Waals surface area contributed by atoms with Crippen LogP contribution in [0, 0.1) is 44.8 Å². The monoisotopic (exact) mass is 490 g/mol. The van der Waals surface area contributed by atoms with Gasteiger partial charge in [0.2, 0.25) is 0 Å². The van der Waals surface area contributed by atoms with Crippen LogP contribution in [0.1, 0.15) is 106 Å². The van der Waals surface area contributed by atoms with Crippen molar-refractivity contribution < 1.29 is 25.2 Å². The molecule has 6 fully saturated rings. The van der Waals surface area contributed by atoms with Gasteiger partial charge in [-0.25, -0.2) is 0 Å². The van der Waals surface area contributed by atoms with Crippen molar-refractivity contribution in [3.63, 3.8) is 0 Å². The molecule has 0 aromatic heterocycles. The van der Waals surface area contributed by atoms with E-state index < -0.39 is 23.4 Å². The van der Waals surface area contributed by atoms with E-state index in [0.29, 0.717) is 5.92 Å². The number of rotatable bonds is 2. The highest BCUT2D eigenvalue weighted by Gasteiger charge is 2.84. The fourth-order valence-electron chi connectivity index (χ4n) is 12.1. The molecule has 0 aromatic rings. The van der Waals surface area contributed by atoms with Crippen molar-refractivity contribution in [3.05, 3.63) is 0 Å². The maximum Gasteiger partial charge on any atom is 0.0865 e. The zero-order valence-electron chi connectivity index (χ0n) is 23.1. The number of hydrogen-bond donors (Lipinski definition) is 4. The van der Waals surface area contributed by atoms with Crippen LogP contribution in [-0.2, 0) is 4.74 Å². The van der Waals surface area contributed by atoms with Gasteiger partial charge in [0.15, 0.2) is 0 Å². The van der Waals surface area contributed by atoms with Crippen LogP contribution in [0.15, 0.2) is 0 Å². The Hall–Kier alpha value is -0.200. The average Bonchev–Trinajstić information content (AvgIpc) is 3.08. The molecule has 2 spiro atoms. The van der Waals surface area contributed by atoms with Crippen LogP contribution in [0.25, 0.3) is 0 Å². The van der Waals surface area contributed by atoms with Crippen LogP contribution in [0.3, 0.4) is 0 Å². The number of aliphatic hydroxyl groups excluding tert-OH is 3. The van der Waals surface area contributed by atoms with Gasteiger partial charge in [-0.05, 0) is 117 Å². The van der Waals surface area contributed by atoms with Crippen molar-refractivity contribution in [3.8, 4) is 0 Å². The average molecular weight is 491 g/mol. The summed E-state index contributed by atoms with van der Waals surface area (Å²) in [7, 11) is 0. The Morgan fingerprint density at radius 3 is 2.09 bits per heavy atom. The molecule has 0 radical (unpaired) electrons. The number of ether oxygens (including phenoxy) is 1. The van der Waals surface area contributed by atoms with E-state index in [-0.39, 0.29) is 51.1 Å². The molecule has 6 rings (SSSR count). The second-order valence-electron chi connectivity index (χ2n) is 15.9. The molecular formula is C30H50O5. The molecule has 0 bridgehead atoms. The topological polar surface area (TPSA) is 90.2 Å². The summed E-state index contributed by atoms with van der Waals surface area (Å²) in [6, 6.07) is 0. The van der Waals surface area contributed by atoms with E-state index in [4.69, 9.17) is 4.74 Å². The van der Waals surface area contributed by atoms with Gasteiger partial charge in [-0.3, -0.25) is 0 Å². The Bertz CT molecular complexity index is 911. The molecule has 1 heterocycles. The minimum atomic E-state index is -0.886. The van der Waals surface area contributed by atoms with E-state index in [9.17, 15) is 20.4 Å². The molecule has 0 aromatic carbocycles. The van der Waals surface area contributed by atoms with Crippen molar-refractivity contribution in [1.29, 1.82) is 0 Å². The smallest absolute Gasteiger partial charge is 0.0865 e. The highest BCUT2D eigenvalue weighted by molar-refractivity contribution is 5.33. The second-order valence-corrected chi connectivity index (χ2v) is 15.9. The minimum absolute atomic E-state index is 0.0267. The molecule has 5 nitrogen and oxygen atoms in total. The molecule has 35 heavy (non-hydrogen) atoms. The zero-order chi connectivity index (χ0) is 25.6. The van der Waals surface area contributed by atoms with Crippen LogP contribution in [0.4, 0.5) is 0 Å². The molecule has 6 aliphatic rings. The Kier molecular flexibility index (Phi) is 4.92. The lowest BCUT2D eigenvalue weighted by Gasteiger charge is -2.64. The summed E-state index contributed by atoms with van der Waals surface area (Å²) in [5, 5.41) is 45.0. The van der Waals surface area contributed by atoms with Gasteiger partial charge in [-0.15, -0.1) is 0 Å². The number of aliphatic hydroxyl groups is 4. The third kappa shape index (κ3) is 2.78. The first kappa shape index (κ1) is 25.1. The van der Waals surface area contributed by atoms with Gasteiger partial charge in [-0.2, -0.15) is 0 Å². The van der Waals surface area contributed by atoms with E-state index in [1.807, 2.05) is 13.8 Å². The number of fused-ring (bicyclic) bond motifs is 2. The summed E-state index contributed by atoms with van der Waals surface area (Å²) in [6.07, 6.45) is 7.18. The van der Waals surface area contributed by atoms with Gasteiger partial charge in [0.25, 0.3) is 0 Å².